The molecule has 10 heteroatoms. The first-order chi connectivity index (χ1) is 12.2. The molecule has 0 aliphatic rings. The highest BCUT2D eigenvalue weighted by atomic mass is 32.2. The van der Waals surface area contributed by atoms with Gasteiger partial charge in [-0.1, -0.05) is 0 Å². The number of benzene rings is 1. The number of rotatable bonds is 8. The van der Waals surface area contributed by atoms with E-state index in [-0.39, 0.29) is 40.9 Å². The molecule has 0 aliphatic carbocycles. The van der Waals surface area contributed by atoms with E-state index in [1.807, 2.05) is 0 Å². The number of sulfone groups is 1. The third-order valence-corrected chi connectivity index (χ3v) is 4.21. The van der Waals surface area contributed by atoms with Gasteiger partial charge in [0.25, 0.3) is 0 Å². The molecule has 0 amide bonds. The van der Waals surface area contributed by atoms with Gasteiger partial charge in [-0.2, -0.15) is 9.97 Å². The molecule has 0 saturated heterocycles. The summed E-state index contributed by atoms with van der Waals surface area (Å²) in [7, 11) is -1.82. The van der Waals surface area contributed by atoms with E-state index in [0.717, 1.165) is 6.26 Å². The average molecular weight is 382 g/mol. The number of hydrogen-bond donors (Lipinski definition) is 1. The highest BCUT2D eigenvalue weighted by Crippen LogP contribution is 2.23. The predicted molar refractivity (Wildman–Crippen MR) is 90.6 cm³/mol. The van der Waals surface area contributed by atoms with Gasteiger partial charge in [-0.15, -0.1) is 0 Å². The van der Waals surface area contributed by atoms with Crippen molar-refractivity contribution in [1.82, 2.24) is 9.97 Å². The monoisotopic (exact) mass is 382 g/mol. The van der Waals surface area contributed by atoms with E-state index in [4.69, 9.17) is 14.2 Å². The molecule has 0 radical (unpaired) electrons. The van der Waals surface area contributed by atoms with Crippen LogP contribution in [0.3, 0.4) is 0 Å². The summed E-state index contributed by atoms with van der Waals surface area (Å²) in [6.07, 6.45) is 0.728. The summed E-state index contributed by atoms with van der Waals surface area (Å²) >= 11 is 0. The fourth-order valence-electron chi connectivity index (χ4n) is 1.95. The Hall–Kier alpha value is -2.72. The molecule has 1 unspecified atom stereocenters. The number of methoxy groups -OCH3 is 1. The molecule has 0 aliphatic heterocycles. The minimum Gasteiger partial charge on any atom is -0.477 e. The predicted octanol–water partition coefficient (Wildman–Crippen LogP) is 1.78. The Morgan fingerprint density at radius 3 is 2.42 bits per heavy atom. The zero-order valence-corrected chi connectivity index (χ0v) is 15.2. The van der Waals surface area contributed by atoms with Gasteiger partial charge in [0.15, 0.2) is 15.5 Å². The molecule has 0 fully saturated rings. The van der Waals surface area contributed by atoms with E-state index in [0.29, 0.717) is 0 Å². The molecule has 0 spiro atoms. The van der Waals surface area contributed by atoms with Crippen LogP contribution in [0.25, 0.3) is 0 Å². The van der Waals surface area contributed by atoms with Gasteiger partial charge >= 0.3 is 12.0 Å². The third-order valence-electron chi connectivity index (χ3n) is 3.09. The van der Waals surface area contributed by atoms with E-state index >= 15 is 0 Å². The number of aromatic carboxylic acids is 1. The highest BCUT2D eigenvalue weighted by molar-refractivity contribution is 7.90. The lowest BCUT2D eigenvalue weighted by Crippen LogP contribution is -2.19. The van der Waals surface area contributed by atoms with Crippen LogP contribution in [0.1, 0.15) is 17.4 Å². The van der Waals surface area contributed by atoms with Crippen LogP contribution in [-0.4, -0.2) is 55.5 Å². The van der Waals surface area contributed by atoms with Crippen molar-refractivity contribution in [3.8, 4) is 17.6 Å². The van der Waals surface area contributed by atoms with Crippen molar-refractivity contribution in [1.29, 1.82) is 0 Å². The number of nitrogens with zero attached hydrogens (tertiary/aromatic N) is 2. The lowest BCUT2D eigenvalue weighted by atomic mass is 10.3. The van der Waals surface area contributed by atoms with Gasteiger partial charge < -0.3 is 19.3 Å². The first-order valence-corrected chi connectivity index (χ1v) is 9.34. The minimum absolute atomic E-state index is 0.0182. The summed E-state index contributed by atoms with van der Waals surface area (Å²) in [6, 6.07) is 6.50. The largest absolute Gasteiger partial charge is 0.477 e. The second-order valence-corrected chi connectivity index (χ2v) is 7.42. The smallest absolute Gasteiger partial charge is 0.354 e. The lowest BCUT2D eigenvalue weighted by Gasteiger charge is -2.14. The molecule has 9 nitrogen and oxygen atoms in total. The SMILES string of the molecule is COCC(C)Oc1cc(C(=O)O)nc(Oc2ccc(S(C)(=O)=O)cc2)n1. The Morgan fingerprint density at radius 2 is 1.88 bits per heavy atom. The number of carboxylic acids is 1. The molecule has 2 rings (SSSR count). The normalized spacial score (nSPS) is 12.4. The number of carboxylic acid groups (broad SMARTS) is 1. The van der Waals surface area contributed by atoms with Gasteiger partial charge in [-0.05, 0) is 31.2 Å². The molecule has 26 heavy (non-hydrogen) atoms. The average Bonchev–Trinajstić information content (AvgIpc) is 2.54. The summed E-state index contributed by atoms with van der Waals surface area (Å²) in [5.41, 5.74) is -0.303. The summed E-state index contributed by atoms with van der Waals surface area (Å²) < 4.78 is 38.8. The van der Waals surface area contributed by atoms with Crippen molar-refractivity contribution in [3.05, 3.63) is 36.0 Å². The number of ether oxygens (including phenoxy) is 3. The van der Waals surface area contributed by atoms with Crippen LogP contribution >= 0.6 is 0 Å². The Labute approximate surface area is 150 Å². The van der Waals surface area contributed by atoms with Gasteiger partial charge in [0, 0.05) is 19.4 Å². The Kier molecular flexibility index (Phi) is 6.11. The maximum atomic E-state index is 11.5. The van der Waals surface area contributed by atoms with Crippen molar-refractivity contribution < 1.29 is 32.5 Å². The van der Waals surface area contributed by atoms with Gasteiger partial charge in [0.1, 0.15) is 11.9 Å². The van der Waals surface area contributed by atoms with Crippen LogP contribution in [0, 0.1) is 0 Å². The Balaban J connectivity index is 2.27. The first kappa shape index (κ1) is 19.6. The lowest BCUT2D eigenvalue weighted by molar-refractivity contribution is 0.0684. The zero-order chi connectivity index (χ0) is 19.3. The summed E-state index contributed by atoms with van der Waals surface area (Å²) in [6.45, 7) is 2.02. The summed E-state index contributed by atoms with van der Waals surface area (Å²) in [4.78, 5) is 19.2. The minimum atomic E-state index is -3.33. The second kappa shape index (κ2) is 8.11. The molecule has 2 aromatic rings. The molecule has 0 bridgehead atoms. The van der Waals surface area contributed by atoms with Crippen molar-refractivity contribution in [3.63, 3.8) is 0 Å². The van der Waals surface area contributed by atoms with Crippen molar-refractivity contribution in [2.24, 2.45) is 0 Å². The van der Waals surface area contributed by atoms with E-state index < -0.39 is 15.8 Å². The molecule has 1 atom stereocenters. The van der Waals surface area contributed by atoms with E-state index in [2.05, 4.69) is 9.97 Å². The van der Waals surface area contributed by atoms with E-state index in [1.54, 1.807) is 6.92 Å². The first-order valence-electron chi connectivity index (χ1n) is 7.45. The second-order valence-electron chi connectivity index (χ2n) is 5.41. The Morgan fingerprint density at radius 1 is 1.23 bits per heavy atom. The van der Waals surface area contributed by atoms with Crippen molar-refractivity contribution in [2.45, 2.75) is 17.9 Å². The van der Waals surface area contributed by atoms with Crippen LogP contribution < -0.4 is 9.47 Å². The number of carbonyl (C=O) groups is 1. The number of aromatic nitrogens is 2. The zero-order valence-electron chi connectivity index (χ0n) is 14.4. The fourth-order valence-corrected chi connectivity index (χ4v) is 2.59. The standard InChI is InChI=1S/C16H18N2O7S/c1-10(9-23-2)24-14-8-13(15(19)20)17-16(18-14)25-11-4-6-12(7-5-11)26(3,21)22/h4-8,10H,9H2,1-3H3,(H,19,20). The van der Waals surface area contributed by atoms with Crippen molar-refractivity contribution >= 4 is 15.8 Å². The van der Waals surface area contributed by atoms with Gasteiger partial charge in [0.2, 0.25) is 5.88 Å². The van der Waals surface area contributed by atoms with E-state index in [9.17, 15) is 18.3 Å². The number of hydrogen-bond acceptors (Lipinski definition) is 8. The quantitative estimate of drug-likeness (QED) is 0.727. The Bertz CT molecular complexity index is 882. The van der Waals surface area contributed by atoms with Crippen LogP contribution in [0.2, 0.25) is 0 Å². The fraction of sp³-hybridized carbons (Fsp3) is 0.312. The topological polar surface area (TPSA) is 125 Å². The summed E-state index contributed by atoms with van der Waals surface area (Å²) in [5, 5.41) is 9.17. The van der Waals surface area contributed by atoms with Crippen LogP contribution in [0.15, 0.2) is 35.2 Å². The van der Waals surface area contributed by atoms with Crippen LogP contribution in [-0.2, 0) is 14.6 Å². The molecule has 1 heterocycles. The molecule has 1 aromatic heterocycles. The maximum absolute atomic E-state index is 11.5. The van der Waals surface area contributed by atoms with Gasteiger partial charge in [-0.25, -0.2) is 13.2 Å². The molecule has 1 N–H and O–H groups in total. The molecular weight excluding hydrogens is 364 g/mol. The maximum Gasteiger partial charge on any atom is 0.354 e. The molecule has 1 aromatic carbocycles. The molecule has 0 saturated carbocycles. The third kappa shape index (κ3) is 5.39. The molecular formula is C16H18N2O7S. The molecule has 140 valence electrons. The van der Waals surface area contributed by atoms with E-state index in [1.165, 1.54) is 37.4 Å². The van der Waals surface area contributed by atoms with Crippen LogP contribution in [0.4, 0.5) is 0 Å². The van der Waals surface area contributed by atoms with Crippen LogP contribution in [0.5, 0.6) is 17.6 Å². The van der Waals surface area contributed by atoms with Gasteiger partial charge in [-0.3, -0.25) is 0 Å². The highest BCUT2D eigenvalue weighted by Gasteiger charge is 2.15. The van der Waals surface area contributed by atoms with Crippen molar-refractivity contribution in [2.75, 3.05) is 20.0 Å². The van der Waals surface area contributed by atoms with Gasteiger partial charge in [0.05, 0.1) is 11.5 Å². The summed E-state index contributed by atoms with van der Waals surface area (Å²) in [5.74, 6) is -1.01.